The van der Waals surface area contributed by atoms with Crippen molar-refractivity contribution in [2.24, 2.45) is 0 Å². The minimum absolute atomic E-state index is 1.13. The highest BCUT2D eigenvalue weighted by Gasteiger charge is 2.13. The molecular weight excluding hydrogens is 158 g/mol. The number of hydrogen-bond donors (Lipinski definition) is 0. The molecule has 0 bridgehead atoms. The molecule has 1 aromatic rings. The van der Waals surface area contributed by atoms with Crippen molar-refractivity contribution in [1.29, 1.82) is 0 Å². The van der Waals surface area contributed by atoms with Crippen LogP contribution in [0.15, 0.2) is 24.4 Å². The van der Waals surface area contributed by atoms with Gasteiger partial charge in [0.15, 0.2) is 0 Å². The first kappa shape index (κ1) is 8.49. The van der Waals surface area contributed by atoms with E-state index < -0.39 is 0 Å². The van der Waals surface area contributed by atoms with Crippen molar-refractivity contribution in [3.63, 3.8) is 0 Å². The third-order valence-corrected chi connectivity index (χ3v) is 2.55. The van der Waals surface area contributed by atoms with E-state index in [4.69, 9.17) is 0 Å². The normalized spacial score (nSPS) is 18.7. The van der Waals surface area contributed by atoms with Crippen molar-refractivity contribution >= 4 is 5.57 Å². The van der Waals surface area contributed by atoms with Gasteiger partial charge in [-0.25, -0.2) is 0 Å². The van der Waals surface area contributed by atoms with E-state index in [9.17, 15) is 0 Å². The molecule has 13 heavy (non-hydrogen) atoms. The smallest absolute Gasteiger partial charge is 0.0478 e. The molecule has 0 atom stereocenters. The Morgan fingerprint density at radius 1 is 1.46 bits per heavy atom. The van der Waals surface area contributed by atoms with Gasteiger partial charge in [0.25, 0.3) is 0 Å². The lowest BCUT2D eigenvalue weighted by Gasteiger charge is -2.17. The topological polar surface area (TPSA) is 12.9 Å². The summed E-state index contributed by atoms with van der Waals surface area (Å²) >= 11 is 0. The molecule has 0 unspecified atom stereocenters. The maximum absolute atomic E-state index is 4.41. The van der Waals surface area contributed by atoms with Crippen LogP contribution in [-0.2, 0) is 6.42 Å². The molecule has 1 nitrogen and oxygen atoms in total. The third kappa shape index (κ3) is 1.64. The highest BCUT2D eigenvalue weighted by atomic mass is 14.7. The van der Waals surface area contributed by atoms with Crippen LogP contribution in [0, 0.1) is 0 Å². The van der Waals surface area contributed by atoms with Crippen molar-refractivity contribution in [3.8, 4) is 0 Å². The number of aromatic nitrogens is 1. The lowest BCUT2D eigenvalue weighted by Crippen LogP contribution is -2.03. The van der Waals surface area contributed by atoms with Gasteiger partial charge in [0.1, 0.15) is 0 Å². The number of allylic oxidation sites excluding steroid dienone is 2. The zero-order valence-corrected chi connectivity index (χ0v) is 8.09. The first-order valence-corrected chi connectivity index (χ1v) is 5.05. The Labute approximate surface area is 79.5 Å². The van der Waals surface area contributed by atoms with Crippen molar-refractivity contribution in [2.45, 2.75) is 32.6 Å². The minimum Gasteiger partial charge on any atom is -0.261 e. The summed E-state index contributed by atoms with van der Waals surface area (Å²) in [4.78, 5) is 4.41. The molecule has 0 N–H and O–H groups in total. The van der Waals surface area contributed by atoms with E-state index in [0.717, 1.165) is 12.8 Å². The molecule has 0 aromatic carbocycles. The molecular formula is C12H15N. The fourth-order valence-electron chi connectivity index (χ4n) is 1.97. The predicted octanol–water partition coefficient (Wildman–Crippen LogP) is 3.21. The van der Waals surface area contributed by atoms with Gasteiger partial charge in [-0.1, -0.05) is 19.1 Å². The van der Waals surface area contributed by atoms with Crippen LogP contribution in [-0.4, -0.2) is 4.98 Å². The Kier molecular flexibility index (Phi) is 2.44. The SMILES string of the molecule is CC/C=C1/CCCc2ncccc21. The average Bonchev–Trinajstić information content (AvgIpc) is 2.19. The van der Waals surface area contributed by atoms with Gasteiger partial charge < -0.3 is 0 Å². The standard InChI is InChI=1S/C12H15N/c1-2-5-10-6-3-8-12-11(10)7-4-9-13-12/h4-5,7,9H,2-3,6,8H2,1H3/b10-5-. The van der Waals surface area contributed by atoms with E-state index in [1.165, 1.54) is 29.7 Å². The van der Waals surface area contributed by atoms with Crippen LogP contribution in [0.4, 0.5) is 0 Å². The van der Waals surface area contributed by atoms with Crippen LogP contribution in [0.1, 0.15) is 37.4 Å². The number of aryl methyl sites for hydroxylation is 1. The molecule has 0 fully saturated rings. The second-order valence-electron chi connectivity index (χ2n) is 3.49. The van der Waals surface area contributed by atoms with Gasteiger partial charge in [-0.15, -0.1) is 0 Å². The number of pyridine rings is 1. The van der Waals surface area contributed by atoms with E-state index in [-0.39, 0.29) is 0 Å². The number of rotatable bonds is 1. The zero-order valence-electron chi connectivity index (χ0n) is 8.09. The van der Waals surface area contributed by atoms with Crippen LogP contribution in [0.3, 0.4) is 0 Å². The van der Waals surface area contributed by atoms with E-state index in [1.54, 1.807) is 0 Å². The van der Waals surface area contributed by atoms with Crippen LogP contribution in [0.5, 0.6) is 0 Å². The summed E-state index contributed by atoms with van der Waals surface area (Å²) in [6.07, 6.45) is 9.00. The molecule has 1 aliphatic rings. The molecule has 1 heteroatoms. The van der Waals surface area contributed by atoms with Crippen LogP contribution >= 0.6 is 0 Å². The van der Waals surface area contributed by atoms with E-state index in [2.05, 4.69) is 24.1 Å². The van der Waals surface area contributed by atoms with Gasteiger partial charge in [0, 0.05) is 11.9 Å². The molecule has 0 saturated heterocycles. The van der Waals surface area contributed by atoms with E-state index in [1.807, 2.05) is 12.3 Å². The zero-order chi connectivity index (χ0) is 9.10. The lowest BCUT2D eigenvalue weighted by molar-refractivity contribution is 0.791. The minimum atomic E-state index is 1.13. The Morgan fingerprint density at radius 2 is 2.38 bits per heavy atom. The average molecular weight is 173 g/mol. The Hall–Kier alpha value is -1.11. The highest BCUT2D eigenvalue weighted by Crippen LogP contribution is 2.29. The Morgan fingerprint density at radius 3 is 3.23 bits per heavy atom. The summed E-state index contributed by atoms with van der Waals surface area (Å²) in [6, 6.07) is 4.23. The van der Waals surface area contributed by atoms with Gasteiger partial charge >= 0.3 is 0 Å². The monoisotopic (exact) mass is 173 g/mol. The lowest BCUT2D eigenvalue weighted by atomic mass is 9.90. The fraction of sp³-hybridized carbons (Fsp3) is 0.417. The molecule has 0 radical (unpaired) electrons. The first-order valence-electron chi connectivity index (χ1n) is 5.05. The van der Waals surface area contributed by atoms with Gasteiger partial charge in [-0.05, 0) is 42.9 Å². The first-order chi connectivity index (χ1) is 6.42. The van der Waals surface area contributed by atoms with E-state index >= 15 is 0 Å². The van der Waals surface area contributed by atoms with E-state index in [0.29, 0.717) is 0 Å². The molecule has 0 saturated carbocycles. The molecule has 1 aromatic heterocycles. The van der Waals surface area contributed by atoms with Crippen molar-refractivity contribution in [1.82, 2.24) is 4.98 Å². The maximum Gasteiger partial charge on any atom is 0.0478 e. The summed E-state index contributed by atoms with van der Waals surface area (Å²) in [5.74, 6) is 0. The summed E-state index contributed by atoms with van der Waals surface area (Å²) in [7, 11) is 0. The third-order valence-electron chi connectivity index (χ3n) is 2.55. The van der Waals surface area contributed by atoms with Gasteiger partial charge in [-0.3, -0.25) is 4.98 Å². The molecule has 0 amide bonds. The van der Waals surface area contributed by atoms with Crippen molar-refractivity contribution in [3.05, 3.63) is 35.7 Å². The van der Waals surface area contributed by atoms with Crippen LogP contribution in [0.25, 0.3) is 5.57 Å². The summed E-state index contributed by atoms with van der Waals surface area (Å²) in [5, 5.41) is 0. The molecule has 0 aliphatic heterocycles. The van der Waals surface area contributed by atoms with Crippen molar-refractivity contribution < 1.29 is 0 Å². The number of hydrogen-bond acceptors (Lipinski definition) is 1. The summed E-state index contributed by atoms with van der Waals surface area (Å²) in [6.45, 7) is 2.19. The van der Waals surface area contributed by atoms with Gasteiger partial charge in [0.05, 0.1) is 0 Å². The quantitative estimate of drug-likeness (QED) is 0.635. The fourth-order valence-corrected chi connectivity index (χ4v) is 1.97. The van der Waals surface area contributed by atoms with Crippen LogP contribution in [0.2, 0.25) is 0 Å². The number of fused-ring (bicyclic) bond motifs is 1. The summed E-state index contributed by atoms with van der Waals surface area (Å²) < 4.78 is 0. The Bertz CT molecular complexity index is 326. The maximum atomic E-state index is 4.41. The second kappa shape index (κ2) is 3.73. The Balaban J connectivity index is 2.42. The molecule has 68 valence electrons. The largest absolute Gasteiger partial charge is 0.261 e. The molecule has 0 spiro atoms. The second-order valence-corrected chi connectivity index (χ2v) is 3.49. The van der Waals surface area contributed by atoms with Crippen LogP contribution < -0.4 is 0 Å². The highest BCUT2D eigenvalue weighted by molar-refractivity contribution is 5.68. The molecule has 1 heterocycles. The summed E-state index contributed by atoms with van der Waals surface area (Å²) in [5.41, 5.74) is 4.17. The molecule has 1 aliphatic carbocycles. The predicted molar refractivity (Wildman–Crippen MR) is 55.4 cm³/mol. The van der Waals surface area contributed by atoms with Gasteiger partial charge in [0.2, 0.25) is 0 Å². The molecule has 2 rings (SSSR count). The van der Waals surface area contributed by atoms with Crippen molar-refractivity contribution in [2.75, 3.05) is 0 Å². The number of nitrogens with zero attached hydrogens (tertiary/aromatic N) is 1. The van der Waals surface area contributed by atoms with Gasteiger partial charge in [-0.2, -0.15) is 0 Å².